The molecule has 58 heteroatoms. The number of nitrogens with two attached hydrogens (primary N) is 3. The van der Waals surface area contributed by atoms with E-state index in [9.17, 15) is 178 Å². The molecular weight excluding hydrogens is 1740 g/mol. The van der Waals surface area contributed by atoms with Gasteiger partial charge in [0.05, 0.1) is 96.4 Å². The van der Waals surface area contributed by atoms with Crippen LogP contribution in [0.3, 0.4) is 0 Å². The van der Waals surface area contributed by atoms with Gasteiger partial charge in [-0.25, -0.2) is 9.59 Å². The van der Waals surface area contributed by atoms with Crippen LogP contribution in [0.25, 0.3) is 0 Å². The number of carbonyl (C=O) groups excluding carboxylic acids is 1. The summed E-state index contributed by atoms with van der Waals surface area (Å²) < 4.78 is 110. The highest BCUT2D eigenvalue weighted by molar-refractivity contribution is 5.76. The summed E-state index contributed by atoms with van der Waals surface area (Å²) in [7, 11) is 0. The Balaban J connectivity index is 0.896. The van der Waals surface area contributed by atoms with E-state index < -0.39 is 415 Å². The van der Waals surface area contributed by atoms with Crippen molar-refractivity contribution in [2.45, 2.75) is 338 Å². The molecule has 10 saturated heterocycles. The standard InChI is InChI=1S/C68H116N4O54/c1-14(81)72-30-39(94)50(120-64-47(102)56(37(92)23(10-79)114-64)126-68(66(106)107)3-16(83)28(70)52(124-68)32(87)18(85)5-74)26(117-59(30)122-53-34(89)20(7-76)110-57(103)44(53)99)13-109-61-43(98)41(96)48(24(11-80)115-61)118-62-45(100)54(35(90)21(8-77)112-62)121-58-29(71)38(93)49(25(116-58)12-108-60-42(97)40(95)33(88)19(6-75)111-60)119-63-46(101)55(36(91)22(9-78)113-63)125-67(65(104)105)2-15(82)27(69)51(123-67)31(86)17(84)4-73/h15-64,73-80,82-103H,2-13,69-71H2,1H3,(H,72,81)(H,104,105)(H,106,107)/t15-,16-,17+,18+,19+,20+,21+,22+,23+,24+,25+,26+,27+,28+,29+,30+,31+,32+,33+,34-,35-,36-,37-,38+,39+,40-,41+,42+,43+,44+,45+,46+,47+,48+,49+,50+,51+,52+,53-,54-,55-,56-,57+,58-,59-,60+,61+,62-,63?,64-,67-,68-/m0/s1. The topological polar surface area (TPSA) is 964 Å². The van der Waals surface area contributed by atoms with Crippen LogP contribution in [0.1, 0.15) is 19.8 Å². The number of ether oxygens (including phenoxy) is 19. The van der Waals surface area contributed by atoms with Crippen molar-refractivity contribution in [3.05, 3.63) is 0 Å². The summed E-state index contributed by atoms with van der Waals surface area (Å²) in [5, 5.41) is 354. The maximum absolute atomic E-state index is 13.2. The zero-order chi connectivity index (χ0) is 93.2. The van der Waals surface area contributed by atoms with Crippen LogP contribution in [0.4, 0.5) is 0 Å². The molecular formula is C68H116N4O54. The minimum absolute atomic E-state index is 0.887. The molecule has 52 atom stereocenters. The van der Waals surface area contributed by atoms with Crippen molar-refractivity contribution >= 4 is 17.8 Å². The van der Waals surface area contributed by atoms with Gasteiger partial charge in [-0.05, 0) is 0 Å². The number of carboxylic acids is 2. The zero-order valence-electron chi connectivity index (χ0n) is 66.4. The first kappa shape index (κ1) is 104. The van der Waals surface area contributed by atoms with Crippen LogP contribution in [0.15, 0.2) is 0 Å². The molecule has 1 amide bonds. The van der Waals surface area contributed by atoms with Gasteiger partial charge in [-0.15, -0.1) is 0 Å². The number of carbonyl (C=O) groups is 3. The third-order valence-corrected chi connectivity index (χ3v) is 23.4. The third kappa shape index (κ3) is 21.8. The Bertz CT molecular complexity index is 3410. The Morgan fingerprint density at radius 2 is 0.675 bits per heavy atom. The van der Waals surface area contributed by atoms with Gasteiger partial charge in [-0.2, -0.15) is 0 Å². The Kier molecular flexibility index (Phi) is 36.6. The maximum Gasteiger partial charge on any atom is 0.364 e. The SMILES string of the molecule is CC(=O)N[C@H]1[C@H](O[C@@H]2[C@@H](O)[C@H](O)O[C@H](CO)[C@@H]2O)O[C@H](CO[C@@H]2O[C@H](CO)[C@@H](O[C@@H]3O[C@H](CO)[C@H](O)[C@H](O[C@@H]4O[C@H](CO[C@@H]5O[C@H](CO)[C@@H](O)[C@H](O)[C@H]5O)[C@@H](OC5O[C@H](CO)[C@H](O)[C@H](O[C@]6(C(=O)O)C[C@H](O)[C@@H](N)[C@H]([C@H](O)[C@H](O)CO)O6)[C@H]5O)[C@H](O)[C@H]4N)[C@H]3O)[C@H](O)[C@H]2O)[C@@H](O[C@@H]2O[C@H](CO)[C@H](O)[C@H](O[C@]3(C(=O)O)C[C@H](O)[C@@H](N)[C@H]([C@H](O)[C@H](O)CO)O3)[C@H]2O)[C@@H]1O. The van der Waals surface area contributed by atoms with E-state index >= 15 is 0 Å². The molecule has 10 aliphatic heterocycles. The summed E-state index contributed by atoms with van der Waals surface area (Å²) in [6.07, 6.45) is -104. The molecule has 10 heterocycles. The Morgan fingerprint density at radius 1 is 0.349 bits per heavy atom. The molecule has 39 N–H and O–H groups in total. The molecule has 58 nitrogen and oxygen atoms in total. The van der Waals surface area contributed by atoms with Gasteiger partial charge in [-0.1, -0.05) is 0 Å². The Hall–Kier alpha value is -3.67. The van der Waals surface area contributed by atoms with Gasteiger partial charge in [-0.3, -0.25) is 4.79 Å². The summed E-state index contributed by atoms with van der Waals surface area (Å²) in [6, 6.07) is -7.57. The van der Waals surface area contributed by atoms with Gasteiger partial charge in [0.2, 0.25) is 5.91 Å². The molecule has 10 aliphatic rings. The second-order valence-electron chi connectivity index (χ2n) is 31.9. The summed E-state index contributed by atoms with van der Waals surface area (Å²) in [5.41, 5.74) is 18.6. The van der Waals surface area contributed by atoms with E-state index in [1.54, 1.807) is 0 Å². The summed E-state index contributed by atoms with van der Waals surface area (Å²) in [6.45, 7) is -10.8. The van der Waals surface area contributed by atoms with E-state index in [4.69, 9.17) is 107 Å². The number of hydrogen-bond donors (Lipinski definition) is 36. The number of amides is 1. The van der Waals surface area contributed by atoms with Crippen molar-refractivity contribution in [2.75, 3.05) is 66.1 Å². The molecule has 10 fully saturated rings. The second-order valence-corrected chi connectivity index (χ2v) is 31.9. The molecule has 0 aromatic heterocycles. The van der Waals surface area contributed by atoms with E-state index in [0.717, 1.165) is 6.92 Å². The molecule has 0 spiro atoms. The van der Waals surface area contributed by atoms with E-state index in [1.165, 1.54) is 0 Å². The average molecular weight is 1850 g/mol. The first-order valence-corrected chi connectivity index (χ1v) is 39.7. The number of aliphatic carboxylic acids is 2. The fourth-order valence-electron chi connectivity index (χ4n) is 16.1. The summed E-state index contributed by atoms with van der Waals surface area (Å²) >= 11 is 0. The lowest BCUT2D eigenvalue weighted by Gasteiger charge is -2.51. The highest BCUT2D eigenvalue weighted by atomic mass is 16.8. The number of rotatable bonds is 35. The largest absolute Gasteiger partial charge is 0.477 e. The van der Waals surface area contributed by atoms with Gasteiger partial charge in [0.1, 0.15) is 226 Å². The highest BCUT2D eigenvalue weighted by Gasteiger charge is 2.65. The van der Waals surface area contributed by atoms with Crippen molar-refractivity contribution in [3.8, 4) is 0 Å². The fraction of sp³-hybridized carbons (Fsp3) is 0.956. The lowest BCUT2D eigenvalue weighted by molar-refractivity contribution is -0.394. The van der Waals surface area contributed by atoms with E-state index in [0.29, 0.717) is 0 Å². The third-order valence-electron chi connectivity index (χ3n) is 23.4. The average Bonchev–Trinajstić information content (AvgIpc) is 0.755. The maximum atomic E-state index is 13.2. The zero-order valence-corrected chi connectivity index (χ0v) is 66.4. The molecule has 0 aromatic carbocycles. The van der Waals surface area contributed by atoms with Crippen molar-refractivity contribution < 1.29 is 268 Å². The van der Waals surface area contributed by atoms with Crippen LogP contribution in [0, 0.1) is 0 Å². The van der Waals surface area contributed by atoms with Gasteiger partial charge in [0.25, 0.3) is 11.6 Å². The van der Waals surface area contributed by atoms with Crippen LogP contribution < -0.4 is 22.5 Å². The van der Waals surface area contributed by atoms with Crippen LogP contribution in [-0.2, 0) is 104 Å². The van der Waals surface area contributed by atoms with Crippen LogP contribution >= 0.6 is 0 Å². The fourth-order valence-corrected chi connectivity index (χ4v) is 16.1. The summed E-state index contributed by atoms with van der Waals surface area (Å²) in [5.74, 6) is -11.8. The smallest absolute Gasteiger partial charge is 0.364 e. The molecule has 0 bridgehead atoms. The van der Waals surface area contributed by atoms with Gasteiger partial charge in [0.15, 0.2) is 50.3 Å². The van der Waals surface area contributed by atoms with Crippen molar-refractivity contribution in [3.63, 3.8) is 0 Å². The predicted octanol–water partition coefficient (Wildman–Crippen LogP) is -24.3. The summed E-state index contributed by atoms with van der Waals surface area (Å²) in [4.78, 5) is 39.3. The monoisotopic (exact) mass is 1850 g/mol. The van der Waals surface area contributed by atoms with Gasteiger partial charge < -0.3 is 276 Å². The van der Waals surface area contributed by atoms with Gasteiger partial charge >= 0.3 is 11.9 Å². The predicted molar refractivity (Wildman–Crippen MR) is 382 cm³/mol. The molecule has 126 heavy (non-hydrogen) atoms. The van der Waals surface area contributed by atoms with E-state index in [1.807, 2.05) is 0 Å². The van der Waals surface area contributed by atoms with Crippen LogP contribution in [-0.4, -0.2) is 565 Å². The lowest BCUT2D eigenvalue weighted by Crippen LogP contribution is -2.71. The number of nitrogens with one attached hydrogen (secondary N) is 1. The molecule has 732 valence electrons. The first-order chi connectivity index (χ1) is 59.4. The van der Waals surface area contributed by atoms with Crippen molar-refractivity contribution in [1.82, 2.24) is 5.32 Å². The normalized spacial score (nSPS) is 49.7. The second kappa shape index (κ2) is 44.2. The molecule has 10 rings (SSSR count). The van der Waals surface area contributed by atoms with Crippen LogP contribution in [0.5, 0.6) is 0 Å². The van der Waals surface area contributed by atoms with Crippen LogP contribution in [0.2, 0.25) is 0 Å². The molecule has 0 radical (unpaired) electrons. The number of aliphatic hydroxyl groups excluding tert-OH is 30. The number of aliphatic hydroxyl groups is 30. The first-order valence-electron chi connectivity index (χ1n) is 39.7. The van der Waals surface area contributed by atoms with Crippen molar-refractivity contribution in [2.24, 2.45) is 17.2 Å². The molecule has 0 aliphatic carbocycles. The van der Waals surface area contributed by atoms with E-state index in [2.05, 4.69) is 5.32 Å². The highest BCUT2D eigenvalue weighted by Crippen LogP contribution is 2.43. The Morgan fingerprint density at radius 3 is 1.08 bits per heavy atom. The number of hydrogen-bond acceptors (Lipinski definition) is 55. The minimum atomic E-state index is -3.28. The molecule has 0 saturated carbocycles. The quantitative estimate of drug-likeness (QED) is 0.0280. The van der Waals surface area contributed by atoms with Gasteiger partial charge in [0, 0.05) is 19.8 Å². The molecule has 0 aromatic rings. The number of carboxylic acid groups (broad SMARTS) is 2. The Labute approximate surface area is 710 Å². The van der Waals surface area contributed by atoms with Crippen molar-refractivity contribution in [1.29, 1.82) is 0 Å². The lowest BCUT2D eigenvalue weighted by atomic mass is 9.88. The minimum Gasteiger partial charge on any atom is -0.477 e. The molecule has 1 unspecified atom stereocenters. The van der Waals surface area contributed by atoms with E-state index in [-0.39, 0.29) is 0 Å².